The predicted octanol–water partition coefficient (Wildman–Crippen LogP) is 0.284. The van der Waals surface area contributed by atoms with Gasteiger partial charge in [0.15, 0.2) is 0 Å². The minimum absolute atomic E-state index is 0.209. The number of carbonyl (C=O) groups is 2. The van der Waals surface area contributed by atoms with Crippen LogP contribution >= 0.6 is 0 Å². The number of aromatic nitrogens is 1. The lowest BCUT2D eigenvalue weighted by Crippen LogP contribution is -2.38. The lowest BCUT2D eigenvalue weighted by Gasteiger charge is -2.07. The maximum absolute atomic E-state index is 11.3. The summed E-state index contributed by atoms with van der Waals surface area (Å²) in [4.78, 5) is 25.5. The molecule has 1 aromatic heterocycles. The summed E-state index contributed by atoms with van der Waals surface area (Å²) >= 11 is 0. The first-order valence-corrected chi connectivity index (χ1v) is 4.06. The van der Waals surface area contributed by atoms with Crippen molar-refractivity contribution in [2.75, 3.05) is 0 Å². The van der Waals surface area contributed by atoms with Crippen LogP contribution in [0.4, 0.5) is 0 Å². The number of aliphatic carboxylic acids is 1. The Morgan fingerprint density at radius 2 is 2.21 bits per heavy atom. The van der Waals surface area contributed by atoms with Crippen molar-refractivity contribution in [2.24, 2.45) is 0 Å². The fraction of sp³-hybridized carbons (Fsp3) is 0.222. The van der Waals surface area contributed by atoms with E-state index < -0.39 is 17.9 Å². The Hall–Kier alpha value is -1.91. The van der Waals surface area contributed by atoms with Gasteiger partial charge in [-0.3, -0.25) is 14.6 Å². The molecule has 0 aliphatic heterocycles. The number of pyridine rings is 1. The van der Waals surface area contributed by atoms with Crippen LogP contribution in [-0.2, 0) is 4.79 Å². The molecule has 0 aliphatic carbocycles. The molecular weight excluding hydrogens is 184 g/mol. The Balaban J connectivity index is 2.64. The summed E-state index contributed by atoms with van der Waals surface area (Å²) in [5, 5.41) is 10.8. The SMILES string of the molecule is C[C@@H](NC(=O)c1ccccn1)C(=O)O. The standard InChI is InChI=1S/C9H10N2O3/c1-6(9(13)14)11-8(12)7-4-2-3-5-10-7/h2-6H,1H3,(H,11,12)(H,13,14)/t6-/m1/s1. The molecule has 0 aromatic carbocycles. The first kappa shape index (κ1) is 10.2. The second-order valence-corrected chi connectivity index (χ2v) is 2.75. The van der Waals surface area contributed by atoms with Crippen molar-refractivity contribution in [2.45, 2.75) is 13.0 Å². The molecule has 14 heavy (non-hydrogen) atoms. The molecule has 0 saturated heterocycles. The van der Waals surface area contributed by atoms with Crippen LogP contribution in [0.2, 0.25) is 0 Å². The lowest BCUT2D eigenvalue weighted by atomic mass is 10.3. The highest BCUT2D eigenvalue weighted by Gasteiger charge is 2.15. The smallest absolute Gasteiger partial charge is 0.325 e. The zero-order valence-corrected chi connectivity index (χ0v) is 7.60. The Morgan fingerprint density at radius 1 is 1.50 bits per heavy atom. The van der Waals surface area contributed by atoms with E-state index in [2.05, 4.69) is 10.3 Å². The van der Waals surface area contributed by atoms with E-state index in [4.69, 9.17) is 5.11 Å². The molecule has 1 rings (SSSR count). The molecule has 1 heterocycles. The lowest BCUT2D eigenvalue weighted by molar-refractivity contribution is -0.138. The molecule has 5 nitrogen and oxygen atoms in total. The van der Waals surface area contributed by atoms with Gasteiger partial charge in [-0.2, -0.15) is 0 Å². The van der Waals surface area contributed by atoms with Crippen molar-refractivity contribution < 1.29 is 14.7 Å². The van der Waals surface area contributed by atoms with Gasteiger partial charge in [0.05, 0.1) is 0 Å². The van der Waals surface area contributed by atoms with Gasteiger partial charge in [-0.1, -0.05) is 6.07 Å². The largest absolute Gasteiger partial charge is 0.480 e. The molecule has 0 unspecified atom stereocenters. The Morgan fingerprint density at radius 3 is 2.71 bits per heavy atom. The van der Waals surface area contributed by atoms with Gasteiger partial charge in [-0.15, -0.1) is 0 Å². The molecule has 0 fully saturated rings. The van der Waals surface area contributed by atoms with Crippen LogP contribution < -0.4 is 5.32 Å². The van der Waals surface area contributed by atoms with Gasteiger partial charge >= 0.3 is 5.97 Å². The number of nitrogens with one attached hydrogen (secondary N) is 1. The molecule has 74 valence electrons. The molecule has 0 aliphatic rings. The number of carbonyl (C=O) groups excluding carboxylic acids is 1. The number of carboxylic acid groups (broad SMARTS) is 1. The van der Waals surface area contributed by atoms with Gasteiger partial charge in [0.2, 0.25) is 0 Å². The van der Waals surface area contributed by atoms with Crippen molar-refractivity contribution >= 4 is 11.9 Å². The van der Waals surface area contributed by atoms with E-state index >= 15 is 0 Å². The average Bonchev–Trinajstić information content (AvgIpc) is 2.19. The molecule has 5 heteroatoms. The normalized spacial score (nSPS) is 11.8. The summed E-state index contributed by atoms with van der Waals surface area (Å²) in [7, 11) is 0. The van der Waals surface area contributed by atoms with E-state index in [0.717, 1.165) is 0 Å². The minimum Gasteiger partial charge on any atom is -0.480 e. The van der Waals surface area contributed by atoms with Crippen molar-refractivity contribution in [1.82, 2.24) is 10.3 Å². The zero-order chi connectivity index (χ0) is 10.6. The molecule has 1 aromatic rings. The molecule has 1 amide bonds. The maximum atomic E-state index is 11.3. The second-order valence-electron chi connectivity index (χ2n) is 2.75. The second kappa shape index (κ2) is 4.36. The molecule has 0 bridgehead atoms. The third-order valence-electron chi connectivity index (χ3n) is 1.62. The van der Waals surface area contributed by atoms with E-state index in [1.54, 1.807) is 12.1 Å². The number of amides is 1. The zero-order valence-electron chi connectivity index (χ0n) is 7.60. The van der Waals surface area contributed by atoms with Crippen molar-refractivity contribution in [3.8, 4) is 0 Å². The van der Waals surface area contributed by atoms with Gasteiger partial charge in [-0.25, -0.2) is 0 Å². The van der Waals surface area contributed by atoms with Gasteiger partial charge in [0, 0.05) is 6.20 Å². The molecule has 0 saturated carbocycles. The quantitative estimate of drug-likeness (QED) is 0.724. The van der Waals surface area contributed by atoms with Gasteiger partial charge in [-0.05, 0) is 19.1 Å². The summed E-state index contributed by atoms with van der Waals surface area (Å²) in [6.07, 6.45) is 1.47. The fourth-order valence-corrected chi connectivity index (χ4v) is 0.829. The summed E-state index contributed by atoms with van der Waals surface area (Å²) in [5.41, 5.74) is 0.209. The van der Waals surface area contributed by atoms with E-state index in [0.29, 0.717) is 0 Å². The number of hydrogen-bond acceptors (Lipinski definition) is 3. The highest BCUT2D eigenvalue weighted by Crippen LogP contribution is 1.94. The monoisotopic (exact) mass is 194 g/mol. The molecule has 0 radical (unpaired) electrons. The van der Waals surface area contributed by atoms with E-state index in [1.807, 2.05) is 0 Å². The summed E-state index contributed by atoms with van der Waals surface area (Å²) in [6.45, 7) is 1.39. The first-order chi connectivity index (χ1) is 6.61. The molecule has 1 atom stereocenters. The van der Waals surface area contributed by atoms with Crippen molar-refractivity contribution in [3.05, 3.63) is 30.1 Å². The third-order valence-corrected chi connectivity index (χ3v) is 1.62. The summed E-state index contributed by atoms with van der Waals surface area (Å²) in [6, 6.07) is 3.94. The fourth-order valence-electron chi connectivity index (χ4n) is 0.829. The average molecular weight is 194 g/mol. The molecular formula is C9H10N2O3. The van der Waals surface area contributed by atoms with Crippen LogP contribution in [0.25, 0.3) is 0 Å². The Kier molecular flexibility index (Phi) is 3.17. The van der Waals surface area contributed by atoms with Gasteiger partial charge in [0.25, 0.3) is 5.91 Å². The highest BCUT2D eigenvalue weighted by molar-refractivity contribution is 5.94. The summed E-state index contributed by atoms with van der Waals surface area (Å²) < 4.78 is 0. The Labute approximate surface area is 80.8 Å². The van der Waals surface area contributed by atoms with Gasteiger partial charge < -0.3 is 10.4 Å². The van der Waals surface area contributed by atoms with Crippen LogP contribution in [0.5, 0.6) is 0 Å². The van der Waals surface area contributed by atoms with E-state index in [9.17, 15) is 9.59 Å². The van der Waals surface area contributed by atoms with Crippen molar-refractivity contribution in [3.63, 3.8) is 0 Å². The number of hydrogen-bond donors (Lipinski definition) is 2. The number of nitrogens with zero attached hydrogens (tertiary/aromatic N) is 1. The van der Waals surface area contributed by atoms with Crippen molar-refractivity contribution in [1.29, 1.82) is 0 Å². The van der Waals surface area contributed by atoms with Gasteiger partial charge in [0.1, 0.15) is 11.7 Å². The molecule has 0 spiro atoms. The highest BCUT2D eigenvalue weighted by atomic mass is 16.4. The predicted molar refractivity (Wildman–Crippen MR) is 48.8 cm³/mol. The van der Waals surface area contributed by atoms with Crippen LogP contribution in [0, 0.1) is 0 Å². The van der Waals surface area contributed by atoms with E-state index in [-0.39, 0.29) is 5.69 Å². The Bertz CT molecular complexity index is 337. The van der Waals surface area contributed by atoms with Crippen LogP contribution in [-0.4, -0.2) is 28.0 Å². The minimum atomic E-state index is -1.07. The van der Waals surface area contributed by atoms with Crippen LogP contribution in [0.3, 0.4) is 0 Å². The van der Waals surface area contributed by atoms with Crippen LogP contribution in [0.15, 0.2) is 24.4 Å². The summed E-state index contributed by atoms with van der Waals surface area (Å²) in [5.74, 6) is -1.56. The topological polar surface area (TPSA) is 79.3 Å². The number of rotatable bonds is 3. The first-order valence-electron chi connectivity index (χ1n) is 4.06. The van der Waals surface area contributed by atoms with E-state index in [1.165, 1.54) is 19.2 Å². The number of carboxylic acids is 1. The van der Waals surface area contributed by atoms with Crippen LogP contribution in [0.1, 0.15) is 17.4 Å². The third kappa shape index (κ3) is 2.55. The maximum Gasteiger partial charge on any atom is 0.325 e. The molecule has 2 N–H and O–H groups in total.